The smallest absolute Gasteiger partial charge is 0.220 e. The minimum absolute atomic E-state index is 0.0568. The van der Waals surface area contributed by atoms with E-state index in [1.54, 1.807) is 0 Å². The molecule has 1 amide bonds. The van der Waals surface area contributed by atoms with Crippen molar-refractivity contribution in [2.75, 3.05) is 58.5 Å². The lowest BCUT2D eigenvalue weighted by atomic mass is 10.1. The number of thiol groups is 1. The summed E-state index contributed by atoms with van der Waals surface area (Å²) in [6.45, 7) is 4.34. The third-order valence-corrected chi connectivity index (χ3v) is 4.33. The molecule has 0 heterocycles. The van der Waals surface area contributed by atoms with Gasteiger partial charge in [0.05, 0.1) is 39.6 Å². The van der Waals surface area contributed by atoms with Crippen LogP contribution >= 0.6 is 12.6 Å². The summed E-state index contributed by atoms with van der Waals surface area (Å²) in [4.78, 5) is 11.2. The number of carbonyl (C=O) groups is 1. The first-order valence-electron chi connectivity index (χ1n) is 10.5. The molecule has 0 bridgehead atoms. The number of aliphatic hydroxyl groups excluding tert-OH is 1. The number of nitrogens with one attached hydrogen (secondary N) is 1. The van der Waals surface area contributed by atoms with Crippen molar-refractivity contribution in [2.45, 2.75) is 64.2 Å². The summed E-state index contributed by atoms with van der Waals surface area (Å²) in [5, 5.41) is 11.5. The highest BCUT2D eigenvalue weighted by Gasteiger charge is 1.98. The number of carbonyl (C=O) groups excluding carboxylic acids is 1. The van der Waals surface area contributed by atoms with E-state index in [0.29, 0.717) is 45.2 Å². The summed E-state index contributed by atoms with van der Waals surface area (Å²) in [5.74, 6) is 0.736. The zero-order valence-corrected chi connectivity index (χ0v) is 17.9. The Balaban J connectivity index is 3.02. The second kappa shape index (κ2) is 23.7. The average Bonchev–Trinajstić information content (AvgIpc) is 2.66. The lowest BCUT2D eigenvalue weighted by molar-refractivity contribution is -0.120. The molecule has 27 heavy (non-hydrogen) atoms. The molecule has 162 valence electrons. The molecular formula is C20H41NO5S. The number of hydrogen-bond donors (Lipinski definition) is 3. The van der Waals surface area contributed by atoms with Crippen molar-refractivity contribution < 1.29 is 24.1 Å². The molecule has 0 fully saturated rings. The van der Waals surface area contributed by atoms with Crippen molar-refractivity contribution in [1.29, 1.82) is 0 Å². The van der Waals surface area contributed by atoms with Crippen LogP contribution in [0.1, 0.15) is 64.2 Å². The Morgan fingerprint density at radius 2 is 1.19 bits per heavy atom. The second-order valence-corrected chi connectivity index (χ2v) is 7.01. The van der Waals surface area contributed by atoms with Gasteiger partial charge in [0.25, 0.3) is 0 Å². The van der Waals surface area contributed by atoms with Gasteiger partial charge in [-0.3, -0.25) is 4.79 Å². The quantitative estimate of drug-likeness (QED) is 0.190. The number of unbranched alkanes of at least 4 members (excludes halogenated alkanes) is 8. The molecule has 0 spiro atoms. The summed E-state index contributed by atoms with van der Waals surface area (Å²) in [6, 6.07) is 0. The average molecular weight is 408 g/mol. The Labute approximate surface area is 171 Å². The molecule has 0 aliphatic heterocycles. The number of aliphatic hydroxyl groups is 1. The largest absolute Gasteiger partial charge is 0.394 e. The lowest BCUT2D eigenvalue weighted by Crippen LogP contribution is -2.24. The van der Waals surface area contributed by atoms with Gasteiger partial charge < -0.3 is 24.6 Å². The van der Waals surface area contributed by atoms with Crippen LogP contribution in [-0.2, 0) is 19.0 Å². The van der Waals surface area contributed by atoms with Crippen molar-refractivity contribution in [2.24, 2.45) is 0 Å². The Kier molecular flexibility index (Phi) is 23.4. The first-order chi connectivity index (χ1) is 13.3. The molecule has 0 aromatic rings. The summed E-state index contributed by atoms with van der Waals surface area (Å²) in [7, 11) is 0. The molecule has 0 unspecified atom stereocenters. The first-order valence-corrected chi connectivity index (χ1v) is 11.2. The number of hydrogen-bond acceptors (Lipinski definition) is 6. The molecule has 7 heteroatoms. The van der Waals surface area contributed by atoms with Crippen LogP contribution in [0.3, 0.4) is 0 Å². The minimum atomic E-state index is 0.0568. The van der Waals surface area contributed by atoms with Crippen LogP contribution in [0, 0.1) is 0 Å². The molecule has 0 saturated heterocycles. The highest BCUT2D eigenvalue weighted by atomic mass is 32.1. The van der Waals surface area contributed by atoms with E-state index < -0.39 is 0 Å². The van der Waals surface area contributed by atoms with Crippen molar-refractivity contribution in [3.05, 3.63) is 0 Å². The molecule has 2 N–H and O–H groups in total. The lowest BCUT2D eigenvalue weighted by Gasteiger charge is -2.06. The van der Waals surface area contributed by atoms with Gasteiger partial charge >= 0.3 is 0 Å². The van der Waals surface area contributed by atoms with Gasteiger partial charge in [-0.25, -0.2) is 0 Å². The van der Waals surface area contributed by atoms with Crippen LogP contribution in [0.2, 0.25) is 0 Å². The van der Waals surface area contributed by atoms with Crippen LogP contribution in [0.5, 0.6) is 0 Å². The molecule has 0 saturated carbocycles. The van der Waals surface area contributed by atoms with Crippen LogP contribution in [-0.4, -0.2) is 69.6 Å². The van der Waals surface area contributed by atoms with Crippen LogP contribution in [0.25, 0.3) is 0 Å². The van der Waals surface area contributed by atoms with Gasteiger partial charge in [0, 0.05) is 19.6 Å². The topological polar surface area (TPSA) is 77.0 Å². The predicted octanol–water partition coefficient (Wildman–Crippen LogP) is 2.98. The summed E-state index contributed by atoms with van der Waals surface area (Å²) in [5.41, 5.74) is 0. The maximum atomic E-state index is 11.2. The zero-order valence-electron chi connectivity index (χ0n) is 17.0. The molecular weight excluding hydrogens is 366 g/mol. The van der Waals surface area contributed by atoms with E-state index in [2.05, 4.69) is 17.9 Å². The van der Waals surface area contributed by atoms with Crippen molar-refractivity contribution >= 4 is 18.5 Å². The van der Waals surface area contributed by atoms with E-state index in [9.17, 15) is 4.79 Å². The fraction of sp³-hybridized carbons (Fsp3) is 0.950. The van der Waals surface area contributed by atoms with E-state index in [1.807, 2.05) is 0 Å². The number of ether oxygens (including phenoxy) is 3. The first kappa shape index (κ1) is 26.7. The van der Waals surface area contributed by atoms with E-state index in [-0.39, 0.29) is 12.5 Å². The molecule has 0 aliphatic carbocycles. The summed E-state index contributed by atoms with van der Waals surface area (Å²) in [6.07, 6.45) is 11.6. The van der Waals surface area contributed by atoms with Crippen molar-refractivity contribution in [1.82, 2.24) is 5.32 Å². The Morgan fingerprint density at radius 1 is 0.704 bits per heavy atom. The molecule has 0 aromatic heterocycles. The Morgan fingerprint density at radius 3 is 1.74 bits per heavy atom. The standard InChI is InChI=1S/C20H41NO5S/c22-12-14-25-16-18-26-17-15-24-13-9-7-5-3-1-2-4-6-8-11-21-20(23)10-19-27/h22,27H,1-19H2,(H,21,23). The molecule has 0 radical (unpaired) electrons. The summed E-state index contributed by atoms with van der Waals surface area (Å²) >= 11 is 4.04. The van der Waals surface area contributed by atoms with E-state index >= 15 is 0 Å². The van der Waals surface area contributed by atoms with E-state index in [4.69, 9.17) is 19.3 Å². The van der Waals surface area contributed by atoms with Crippen molar-refractivity contribution in [3.63, 3.8) is 0 Å². The second-order valence-electron chi connectivity index (χ2n) is 6.57. The zero-order chi connectivity index (χ0) is 19.8. The van der Waals surface area contributed by atoms with Crippen molar-refractivity contribution in [3.8, 4) is 0 Å². The van der Waals surface area contributed by atoms with Gasteiger partial charge in [-0.15, -0.1) is 0 Å². The molecule has 0 rings (SSSR count). The van der Waals surface area contributed by atoms with Crippen LogP contribution in [0.15, 0.2) is 0 Å². The van der Waals surface area contributed by atoms with E-state index in [1.165, 1.54) is 44.9 Å². The normalized spacial score (nSPS) is 11.0. The van der Waals surface area contributed by atoms with Gasteiger partial charge in [-0.2, -0.15) is 12.6 Å². The van der Waals surface area contributed by atoms with Gasteiger partial charge in [0.15, 0.2) is 0 Å². The summed E-state index contributed by atoms with van der Waals surface area (Å²) < 4.78 is 16.0. The van der Waals surface area contributed by atoms with Gasteiger partial charge in [-0.05, 0) is 18.6 Å². The van der Waals surface area contributed by atoms with E-state index in [0.717, 1.165) is 26.0 Å². The Hall–Kier alpha value is -0.340. The Bertz CT molecular complexity index is 308. The fourth-order valence-corrected chi connectivity index (χ4v) is 2.79. The van der Waals surface area contributed by atoms with Gasteiger partial charge in [0.2, 0.25) is 5.91 Å². The monoisotopic (exact) mass is 407 g/mol. The molecule has 0 atom stereocenters. The maximum absolute atomic E-state index is 11.2. The predicted molar refractivity (Wildman–Crippen MR) is 113 cm³/mol. The van der Waals surface area contributed by atoms with Crippen LogP contribution < -0.4 is 5.32 Å². The van der Waals surface area contributed by atoms with Gasteiger partial charge in [0.1, 0.15) is 0 Å². The maximum Gasteiger partial charge on any atom is 0.220 e. The molecule has 0 aliphatic rings. The SMILES string of the molecule is O=C(CCS)NCCCCCCCCCCCOCCOCCOCCO. The number of rotatable bonds is 22. The van der Waals surface area contributed by atoms with Crippen LogP contribution in [0.4, 0.5) is 0 Å². The number of amides is 1. The molecule has 0 aromatic carbocycles. The third kappa shape index (κ3) is 23.6. The highest BCUT2D eigenvalue weighted by molar-refractivity contribution is 7.80. The molecule has 6 nitrogen and oxygen atoms in total. The highest BCUT2D eigenvalue weighted by Crippen LogP contribution is 2.09. The van der Waals surface area contributed by atoms with Gasteiger partial charge in [-0.1, -0.05) is 44.9 Å². The third-order valence-electron chi connectivity index (χ3n) is 4.11. The fourth-order valence-electron chi connectivity index (χ4n) is 2.59. The minimum Gasteiger partial charge on any atom is -0.394 e.